The van der Waals surface area contributed by atoms with E-state index in [-0.39, 0.29) is 5.91 Å². The number of likely N-dealkylation sites (tertiary alicyclic amines) is 1. The SMILES string of the molecule is Cc1cnc(-c2ccccc2)n1CC1CN(C(=O)c2ccccn2)C1. The van der Waals surface area contributed by atoms with E-state index in [0.29, 0.717) is 11.6 Å². The summed E-state index contributed by atoms with van der Waals surface area (Å²) in [4.78, 5) is 23.0. The third-order valence-corrected chi connectivity index (χ3v) is 4.66. The molecule has 0 unspecified atom stereocenters. The van der Waals surface area contributed by atoms with E-state index in [9.17, 15) is 4.79 Å². The van der Waals surface area contributed by atoms with Gasteiger partial charge in [0.1, 0.15) is 11.5 Å². The van der Waals surface area contributed by atoms with Gasteiger partial charge in [0, 0.05) is 49.2 Å². The minimum absolute atomic E-state index is 0.0162. The van der Waals surface area contributed by atoms with E-state index in [1.165, 1.54) is 0 Å². The molecule has 0 aliphatic carbocycles. The number of hydrogen-bond donors (Lipinski definition) is 0. The zero-order valence-electron chi connectivity index (χ0n) is 14.2. The maximum Gasteiger partial charge on any atom is 0.272 e. The lowest BCUT2D eigenvalue weighted by Gasteiger charge is -2.39. The molecule has 0 atom stereocenters. The maximum absolute atomic E-state index is 12.4. The molecule has 1 aliphatic rings. The van der Waals surface area contributed by atoms with Gasteiger partial charge < -0.3 is 9.47 Å². The van der Waals surface area contributed by atoms with Crippen LogP contribution in [0.25, 0.3) is 11.4 Å². The maximum atomic E-state index is 12.4. The van der Waals surface area contributed by atoms with Gasteiger partial charge in [-0.05, 0) is 19.1 Å². The first-order valence-electron chi connectivity index (χ1n) is 8.50. The molecule has 0 spiro atoms. The Bertz CT molecular complexity index is 867. The van der Waals surface area contributed by atoms with Crippen molar-refractivity contribution in [2.24, 2.45) is 5.92 Å². The molecule has 1 amide bonds. The van der Waals surface area contributed by atoms with Gasteiger partial charge in [-0.3, -0.25) is 9.78 Å². The molecule has 3 aromatic rings. The van der Waals surface area contributed by atoms with E-state index in [1.807, 2.05) is 41.4 Å². The summed E-state index contributed by atoms with van der Waals surface area (Å²) in [6.07, 6.45) is 3.57. The van der Waals surface area contributed by atoms with Crippen LogP contribution in [-0.4, -0.2) is 38.4 Å². The van der Waals surface area contributed by atoms with E-state index in [4.69, 9.17) is 0 Å². The smallest absolute Gasteiger partial charge is 0.272 e. The summed E-state index contributed by atoms with van der Waals surface area (Å²) in [5.41, 5.74) is 2.79. The summed E-state index contributed by atoms with van der Waals surface area (Å²) in [5.74, 6) is 1.46. The second kappa shape index (κ2) is 6.51. The van der Waals surface area contributed by atoms with E-state index in [1.54, 1.807) is 12.3 Å². The van der Waals surface area contributed by atoms with Crippen molar-refractivity contribution < 1.29 is 4.79 Å². The highest BCUT2D eigenvalue weighted by atomic mass is 16.2. The van der Waals surface area contributed by atoms with Gasteiger partial charge in [-0.1, -0.05) is 36.4 Å². The van der Waals surface area contributed by atoms with Gasteiger partial charge >= 0.3 is 0 Å². The van der Waals surface area contributed by atoms with Gasteiger partial charge in [-0.15, -0.1) is 0 Å². The fraction of sp³-hybridized carbons (Fsp3) is 0.250. The molecule has 0 saturated carbocycles. The largest absolute Gasteiger partial charge is 0.336 e. The van der Waals surface area contributed by atoms with Crippen LogP contribution in [0.2, 0.25) is 0 Å². The fourth-order valence-corrected chi connectivity index (χ4v) is 3.27. The minimum atomic E-state index is 0.0162. The molecule has 126 valence electrons. The molecule has 1 aromatic carbocycles. The predicted octanol–water partition coefficient (Wildman–Crippen LogP) is 3.03. The van der Waals surface area contributed by atoms with Crippen molar-refractivity contribution in [3.63, 3.8) is 0 Å². The number of benzene rings is 1. The van der Waals surface area contributed by atoms with Crippen LogP contribution in [0.15, 0.2) is 60.9 Å². The van der Waals surface area contributed by atoms with Gasteiger partial charge in [0.2, 0.25) is 0 Å². The zero-order valence-corrected chi connectivity index (χ0v) is 14.2. The van der Waals surface area contributed by atoms with Crippen LogP contribution in [0.4, 0.5) is 0 Å². The normalized spacial score (nSPS) is 14.4. The molecule has 0 bridgehead atoms. The van der Waals surface area contributed by atoms with Crippen LogP contribution in [0.1, 0.15) is 16.2 Å². The highest BCUT2D eigenvalue weighted by Crippen LogP contribution is 2.25. The first-order chi connectivity index (χ1) is 12.2. The van der Waals surface area contributed by atoms with E-state index >= 15 is 0 Å². The molecule has 1 fully saturated rings. The van der Waals surface area contributed by atoms with Crippen LogP contribution in [0.3, 0.4) is 0 Å². The second-order valence-electron chi connectivity index (χ2n) is 6.49. The van der Waals surface area contributed by atoms with Crippen molar-refractivity contribution in [1.29, 1.82) is 0 Å². The number of pyridine rings is 1. The predicted molar refractivity (Wildman–Crippen MR) is 96.0 cm³/mol. The van der Waals surface area contributed by atoms with Crippen molar-refractivity contribution in [3.8, 4) is 11.4 Å². The second-order valence-corrected chi connectivity index (χ2v) is 6.49. The molecule has 3 heterocycles. The quantitative estimate of drug-likeness (QED) is 0.738. The highest BCUT2D eigenvalue weighted by Gasteiger charge is 2.32. The standard InChI is InChI=1S/C20H20N4O/c1-15-11-22-19(17-7-3-2-4-8-17)24(15)14-16-12-23(13-16)20(25)18-9-5-6-10-21-18/h2-11,16H,12-14H2,1H3. The summed E-state index contributed by atoms with van der Waals surface area (Å²) in [6.45, 7) is 4.49. The third kappa shape index (κ3) is 3.05. The topological polar surface area (TPSA) is 51.0 Å². The Morgan fingerprint density at radius 1 is 1.08 bits per heavy atom. The molecular weight excluding hydrogens is 312 g/mol. The minimum Gasteiger partial charge on any atom is -0.336 e. The number of hydrogen-bond acceptors (Lipinski definition) is 3. The number of aromatic nitrogens is 3. The Hall–Kier alpha value is -2.95. The monoisotopic (exact) mass is 332 g/mol. The Labute approximate surface area is 147 Å². The lowest BCUT2D eigenvalue weighted by atomic mass is 9.99. The molecule has 4 rings (SSSR count). The first-order valence-corrected chi connectivity index (χ1v) is 8.50. The summed E-state index contributed by atoms with van der Waals surface area (Å²) in [7, 11) is 0. The molecule has 5 heteroatoms. The van der Waals surface area contributed by atoms with Crippen molar-refractivity contribution in [2.45, 2.75) is 13.5 Å². The van der Waals surface area contributed by atoms with Gasteiger partial charge in [-0.2, -0.15) is 0 Å². The first kappa shape index (κ1) is 15.6. The summed E-state index contributed by atoms with van der Waals surface area (Å²) in [5, 5.41) is 0. The number of aryl methyl sites for hydroxylation is 1. The Morgan fingerprint density at radius 2 is 1.84 bits per heavy atom. The Kier molecular flexibility index (Phi) is 4.06. The van der Waals surface area contributed by atoms with Gasteiger partial charge in [-0.25, -0.2) is 4.98 Å². The summed E-state index contributed by atoms with van der Waals surface area (Å²) in [6, 6.07) is 15.7. The molecular formula is C20H20N4O. The van der Waals surface area contributed by atoms with Crippen molar-refractivity contribution >= 4 is 5.91 Å². The number of carbonyl (C=O) groups is 1. The zero-order chi connectivity index (χ0) is 17.2. The van der Waals surface area contributed by atoms with Crippen molar-refractivity contribution in [2.75, 3.05) is 13.1 Å². The summed E-state index contributed by atoms with van der Waals surface area (Å²) >= 11 is 0. The van der Waals surface area contributed by atoms with Crippen molar-refractivity contribution in [3.05, 3.63) is 72.3 Å². The highest BCUT2D eigenvalue weighted by molar-refractivity contribution is 5.92. The number of carbonyl (C=O) groups excluding carboxylic acids is 1. The van der Waals surface area contributed by atoms with E-state index in [2.05, 4.69) is 33.6 Å². The van der Waals surface area contributed by atoms with Crippen LogP contribution < -0.4 is 0 Å². The van der Waals surface area contributed by atoms with Gasteiger partial charge in [0.15, 0.2) is 0 Å². The van der Waals surface area contributed by atoms with Crippen LogP contribution in [-0.2, 0) is 6.54 Å². The van der Waals surface area contributed by atoms with E-state index in [0.717, 1.165) is 36.7 Å². The molecule has 1 saturated heterocycles. The molecule has 5 nitrogen and oxygen atoms in total. The molecule has 2 aromatic heterocycles. The fourth-order valence-electron chi connectivity index (χ4n) is 3.27. The third-order valence-electron chi connectivity index (χ3n) is 4.66. The Balaban J connectivity index is 1.44. The molecule has 1 aliphatic heterocycles. The average molecular weight is 332 g/mol. The van der Waals surface area contributed by atoms with Crippen LogP contribution >= 0.6 is 0 Å². The molecule has 0 radical (unpaired) electrons. The van der Waals surface area contributed by atoms with Crippen LogP contribution in [0, 0.1) is 12.8 Å². The van der Waals surface area contributed by atoms with Gasteiger partial charge in [0.05, 0.1) is 0 Å². The number of imidazole rings is 1. The Morgan fingerprint density at radius 3 is 2.56 bits per heavy atom. The lowest BCUT2D eigenvalue weighted by molar-refractivity contribution is 0.0463. The average Bonchev–Trinajstić information content (AvgIpc) is 2.99. The summed E-state index contributed by atoms with van der Waals surface area (Å²) < 4.78 is 2.25. The number of rotatable bonds is 4. The number of nitrogens with zero attached hydrogens (tertiary/aromatic N) is 4. The van der Waals surface area contributed by atoms with Crippen LogP contribution in [0.5, 0.6) is 0 Å². The van der Waals surface area contributed by atoms with Gasteiger partial charge in [0.25, 0.3) is 5.91 Å². The molecule has 0 N–H and O–H groups in total. The molecule has 25 heavy (non-hydrogen) atoms. The number of amides is 1. The van der Waals surface area contributed by atoms with E-state index < -0.39 is 0 Å². The van der Waals surface area contributed by atoms with Crippen molar-refractivity contribution in [1.82, 2.24) is 19.4 Å². The lowest BCUT2D eigenvalue weighted by Crippen LogP contribution is -2.51.